The number of amides is 1. The molecule has 2 aromatic rings. The molecule has 2 aromatic carbocycles. The molecule has 1 fully saturated rings. The number of rotatable bonds is 7. The summed E-state index contributed by atoms with van der Waals surface area (Å²) in [6.45, 7) is 6.27. The topological polar surface area (TPSA) is 66.4 Å². The van der Waals surface area contributed by atoms with E-state index in [4.69, 9.17) is 26.1 Å². The molecule has 7 nitrogen and oxygen atoms in total. The third-order valence-corrected chi connectivity index (χ3v) is 7.05. The minimum Gasteiger partial charge on any atom is -0.497 e. The fourth-order valence-electron chi connectivity index (χ4n) is 5.03. The first-order chi connectivity index (χ1) is 17.2. The first-order valence-electron chi connectivity index (χ1n) is 12.2. The van der Waals surface area contributed by atoms with Crippen LogP contribution in [0, 0.1) is 0 Å². The highest BCUT2D eigenvalue weighted by molar-refractivity contribution is 6.30. The molecule has 35 heavy (non-hydrogen) atoms. The van der Waals surface area contributed by atoms with Crippen LogP contribution in [0.2, 0.25) is 5.02 Å². The molecule has 0 aliphatic carbocycles. The number of hydrogen-bond acceptors (Lipinski definition) is 6. The SMILES string of the molecule is COc1ccc(C2=NCCNC3=C2[C@H](c2ccc(Cl)cc2)N(CCCN2CCOCC2)C3=O)cc1. The summed E-state index contributed by atoms with van der Waals surface area (Å²) in [6, 6.07) is 15.5. The maximum atomic E-state index is 13.8. The van der Waals surface area contributed by atoms with Crippen molar-refractivity contribution in [2.75, 3.05) is 59.6 Å². The summed E-state index contributed by atoms with van der Waals surface area (Å²) < 4.78 is 10.8. The highest BCUT2D eigenvalue weighted by Gasteiger charge is 2.42. The van der Waals surface area contributed by atoms with E-state index in [0.29, 0.717) is 30.4 Å². The molecule has 3 aliphatic rings. The van der Waals surface area contributed by atoms with E-state index in [9.17, 15) is 4.79 Å². The van der Waals surface area contributed by atoms with E-state index in [0.717, 1.165) is 67.4 Å². The van der Waals surface area contributed by atoms with Crippen LogP contribution in [-0.4, -0.2) is 81.0 Å². The molecule has 3 aliphatic heterocycles. The van der Waals surface area contributed by atoms with Crippen molar-refractivity contribution in [3.8, 4) is 5.75 Å². The smallest absolute Gasteiger partial charge is 0.271 e. The second kappa shape index (κ2) is 10.8. The van der Waals surface area contributed by atoms with Gasteiger partial charge in [0.15, 0.2) is 0 Å². The summed E-state index contributed by atoms with van der Waals surface area (Å²) in [5, 5.41) is 4.07. The zero-order valence-electron chi connectivity index (χ0n) is 20.0. The first-order valence-corrected chi connectivity index (χ1v) is 12.6. The average molecular weight is 495 g/mol. The van der Waals surface area contributed by atoms with E-state index in [1.54, 1.807) is 7.11 Å². The molecule has 5 rings (SSSR count). The van der Waals surface area contributed by atoms with Gasteiger partial charge in [-0.2, -0.15) is 0 Å². The maximum Gasteiger partial charge on any atom is 0.271 e. The number of hydrogen-bond donors (Lipinski definition) is 1. The van der Waals surface area contributed by atoms with E-state index in [1.807, 2.05) is 53.4 Å². The van der Waals surface area contributed by atoms with Crippen molar-refractivity contribution in [1.82, 2.24) is 15.1 Å². The molecular weight excluding hydrogens is 464 g/mol. The highest BCUT2D eigenvalue weighted by Crippen LogP contribution is 2.40. The third-order valence-electron chi connectivity index (χ3n) is 6.79. The summed E-state index contributed by atoms with van der Waals surface area (Å²) in [4.78, 5) is 23.1. The molecule has 0 bridgehead atoms. The van der Waals surface area contributed by atoms with E-state index >= 15 is 0 Å². The van der Waals surface area contributed by atoms with Crippen molar-refractivity contribution in [2.24, 2.45) is 4.99 Å². The van der Waals surface area contributed by atoms with Gasteiger partial charge in [-0.05, 0) is 48.4 Å². The molecule has 0 spiro atoms. The Morgan fingerprint density at radius 3 is 2.54 bits per heavy atom. The first kappa shape index (κ1) is 23.9. The van der Waals surface area contributed by atoms with Crippen LogP contribution in [0.1, 0.15) is 23.6 Å². The standard InChI is InChI=1S/C27H31ClN4O3/c1-34-22-9-5-19(6-10-22)24-23-25(30-12-11-29-24)27(33)32(14-2-13-31-15-17-35-18-16-31)26(23)20-3-7-21(28)8-4-20/h3-10,26,30H,2,11-18H2,1H3/t26-/m0/s1. The van der Waals surface area contributed by atoms with Crippen molar-refractivity contribution >= 4 is 23.2 Å². The summed E-state index contributed by atoms with van der Waals surface area (Å²) in [5.74, 6) is 0.821. The van der Waals surface area contributed by atoms with Gasteiger partial charge in [0.1, 0.15) is 11.4 Å². The van der Waals surface area contributed by atoms with Crippen molar-refractivity contribution < 1.29 is 14.3 Å². The number of benzene rings is 2. The highest BCUT2D eigenvalue weighted by atomic mass is 35.5. The Balaban J connectivity index is 1.48. The molecule has 1 amide bonds. The Bertz CT molecular complexity index is 1110. The molecule has 1 saturated heterocycles. The van der Waals surface area contributed by atoms with Gasteiger partial charge in [-0.1, -0.05) is 23.7 Å². The van der Waals surface area contributed by atoms with Crippen LogP contribution >= 0.6 is 11.6 Å². The summed E-state index contributed by atoms with van der Waals surface area (Å²) in [6.07, 6.45) is 0.894. The Morgan fingerprint density at radius 1 is 1.09 bits per heavy atom. The molecular formula is C27H31ClN4O3. The second-order valence-electron chi connectivity index (χ2n) is 8.93. The molecule has 8 heteroatoms. The van der Waals surface area contributed by atoms with Gasteiger partial charge in [0.25, 0.3) is 5.91 Å². The van der Waals surface area contributed by atoms with Gasteiger partial charge in [-0.25, -0.2) is 0 Å². The number of nitrogens with one attached hydrogen (secondary N) is 1. The lowest BCUT2D eigenvalue weighted by Gasteiger charge is -2.30. The molecule has 3 heterocycles. The summed E-state index contributed by atoms with van der Waals surface area (Å²) >= 11 is 6.21. The van der Waals surface area contributed by atoms with Gasteiger partial charge < -0.3 is 19.7 Å². The van der Waals surface area contributed by atoms with E-state index in [2.05, 4.69) is 10.2 Å². The lowest BCUT2D eigenvalue weighted by molar-refractivity contribution is -0.127. The number of morpholine rings is 1. The van der Waals surface area contributed by atoms with Gasteiger partial charge in [-0.3, -0.25) is 14.7 Å². The number of nitrogens with zero attached hydrogens (tertiary/aromatic N) is 3. The fraction of sp³-hybridized carbons (Fsp3) is 0.407. The van der Waals surface area contributed by atoms with Crippen LogP contribution in [0.15, 0.2) is 64.8 Å². The van der Waals surface area contributed by atoms with Crippen molar-refractivity contribution in [2.45, 2.75) is 12.5 Å². The predicted molar refractivity (Wildman–Crippen MR) is 137 cm³/mol. The Labute approximate surface area is 211 Å². The number of halogens is 1. The van der Waals surface area contributed by atoms with Gasteiger partial charge in [0, 0.05) is 48.9 Å². The molecule has 1 atom stereocenters. The number of methoxy groups -OCH3 is 1. The number of aliphatic imine (C=N–C) groups is 1. The maximum absolute atomic E-state index is 13.8. The largest absolute Gasteiger partial charge is 0.497 e. The second-order valence-corrected chi connectivity index (χ2v) is 9.37. The number of carbonyl (C=O) groups is 1. The van der Waals surface area contributed by atoms with E-state index < -0.39 is 0 Å². The lowest BCUT2D eigenvalue weighted by Crippen LogP contribution is -2.39. The predicted octanol–water partition coefficient (Wildman–Crippen LogP) is 3.30. The van der Waals surface area contributed by atoms with Crippen molar-refractivity contribution in [1.29, 1.82) is 0 Å². The molecule has 0 radical (unpaired) electrons. The Hall–Kier alpha value is -2.87. The van der Waals surface area contributed by atoms with Crippen LogP contribution in [0.4, 0.5) is 0 Å². The van der Waals surface area contributed by atoms with E-state index in [-0.39, 0.29) is 11.9 Å². The zero-order chi connectivity index (χ0) is 24.2. The van der Waals surface area contributed by atoms with Crippen LogP contribution < -0.4 is 10.1 Å². The van der Waals surface area contributed by atoms with Gasteiger partial charge in [0.2, 0.25) is 0 Å². The van der Waals surface area contributed by atoms with Gasteiger partial charge >= 0.3 is 0 Å². The molecule has 1 N–H and O–H groups in total. The normalized spacial score (nSPS) is 20.9. The summed E-state index contributed by atoms with van der Waals surface area (Å²) in [7, 11) is 1.66. The van der Waals surface area contributed by atoms with Crippen LogP contribution in [0.3, 0.4) is 0 Å². The van der Waals surface area contributed by atoms with Crippen molar-refractivity contribution in [3.05, 3.63) is 76.0 Å². The molecule has 0 saturated carbocycles. The molecule has 0 aromatic heterocycles. The zero-order valence-corrected chi connectivity index (χ0v) is 20.8. The van der Waals surface area contributed by atoms with Gasteiger partial charge in [0.05, 0.1) is 38.6 Å². The van der Waals surface area contributed by atoms with E-state index in [1.165, 1.54) is 0 Å². The van der Waals surface area contributed by atoms with Gasteiger partial charge in [-0.15, -0.1) is 0 Å². The number of carbonyl (C=O) groups excluding carboxylic acids is 1. The van der Waals surface area contributed by atoms with Crippen molar-refractivity contribution in [3.63, 3.8) is 0 Å². The minimum atomic E-state index is -0.231. The molecule has 0 unspecified atom stereocenters. The third kappa shape index (κ3) is 5.08. The fourth-order valence-corrected chi connectivity index (χ4v) is 5.15. The monoisotopic (exact) mass is 494 g/mol. The quantitative estimate of drug-likeness (QED) is 0.639. The average Bonchev–Trinajstić information content (AvgIpc) is 3.03. The van der Waals surface area contributed by atoms with Crippen LogP contribution in [-0.2, 0) is 9.53 Å². The van der Waals surface area contributed by atoms with Crippen LogP contribution in [0.5, 0.6) is 5.75 Å². The minimum absolute atomic E-state index is 0.0324. The van der Waals surface area contributed by atoms with Crippen LogP contribution in [0.25, 0.3) is 0 Å². The molecule has 184 valence electrons. The summed E-state index contributed by atoms with van der Waals surface area (Å²) in [5.41, 5.74) is 4.46. The number of ether oxygens (including phenoxy) is 2. The lowest BCUT2D eigenvalue weighted by atomic mass is 9.91. The Kier molecular flexibility index (Phi) is 7.37. The Morgan fingerprint density at radius 2 is 1.83 bits per heavy atom.